The minimum atomic E-state index is -0.418. The zero-order valence-electron chi connectivity index (χ0n) is 11.2. The zero-order valence-corrected chi connectivity index (χ0v) is 13.6. The summed E-state index contributed by atoms with van der Waals surface area (Å²) in [4.78, 5) is 27.6. The Morgan fingerprint density at radius 1 is 1.18 bits per heavy atom. The Hall–Kier alpha value is -2.25. The number of fused-ring (bicyclic) bond motifs is 1. The van der Waals surface area contributed by atoms with Crippen LogP contribution >= 0.6 is 28.1 Å². The quantitative estimate of drug-likeness (QED) is 0.675. The molecular weight excluding hydrogens is 366 g/mol. The van der Waals surface area contributed by atoms with Gasteiger partial charge in [-0.05, 0) is 42.5 Å². The van der Waals surface area contributed by atoms with Crippen LogP contribution in [0.25, 0.3) is 10.9 Å². The lowest BCUT2D eigenvalue weighted by atomic mass is 10.2. The van der Waals surface area contributed by atoms with Gasteiger partial charge in [-0.2, -0.15) is 4.68 Å². The molecule has 0 saturated heterocycles. The van der Waals surface area contributed by atoms with E-state index < -0.39 is 5.91 Å². The Labute approximate surface area is 138 Å². The molecule has 0 fully saturated rings. The number of nitrogens with one attached hydrogen (secondary N) is 2. The number of carbonyl (C=O) groups excluding carboxylic acids is 1. The number of aromatic nitrogens is 2. The summed E-state index contributed by atoms with van der Waals surface area (Å²) in [5, 5.41) is 0.450. The molecule has 3 rings (SSSR count). The Bertz CT molecular complexity index is 994. The van der Waals surface area contributed by atoms with E-state index in [1.807, 2.05) is 6.07 Å². The van der Waals surface area contributed by atoms with Gasteiger partial charge in [-0.3, -0.25) is 15.0 Å². The second-order valence-electron chi connectivity index (χ2n) is 4.57. The van der Waals surface area contributed by atoms with Crippen LogP contribution in [0.3, 0.4) is 0 Å². The molecule has 0 atom stereocenters. The van der Waals surface area contributed by atoms with Gasteiger partial charge in [0.25, 0.3) is 11.5 Å². The second kappa shape index (κ2) is 5.86. The molecule has 5 nitrogen and oxygen atoms in total. The molecule has 3 aromatic rings. The van der Waals surface area contributed by atoms with Crippen molar-refractivity contribution < 1.29 is 4.79 Å². The standard InChI is InChI=1S/C15H10BrN3O2S/c16-10-5-3-4-9(8-10)13(20)18-19-14(21)11-6-1-2-7-12(11)17-15(19)22/h1-8H,(H,17,22)(H,18,20). The average Bonchev–Trinajstić information content (AvgIpc) is 2.51. The predicted octanol–water partition coefficient (Wildman–Crippen LogP) is 3.21. The summed E-state index contributed by atoms with van der Waals surface area (Å²) in [6, 6.07) is 13.8. The van der Waals surface area contributed by atoms with Crippen molar-refractivity contribution in [3.8, 4) is 0 Å². The topological polar surface area (TPSA) is 66.9 Å². The molecule has 0 spiro atoms. The highest BCUT2D eigenvalue weighted by Crippen LogP contribution is 2.12. The predicted molar refractivity (Wildman–Crippen MR) is 91.2 cm³/mol. The van der Waals surface area contributed by atoms with Gasteiger partial charge in [-0.25, -0.2) is 0 Å². The highest BCUT2D eigenvalue weighted by Gasteiger charge is 2.10. The van der Waals surface area contributed by atoms with Crippen LogP contribution in [-0.4, -0.2) is 15.6 Å². The van der Waals surface area contributed by atoms with E-state index in [-0.39, 0.29) is 10.3 Å². The number of hydrogen-bond donors (Lipinski definition) is 2. The molecule has 110 valence electrons. The zero-order chi connectivity index (χ0) is 15.7. The van der Waals surface area contributed by atoms with Gasteiger partial charge in [0.2, 0.25) is 0 Å². The third-order valence-electron chi connectivity index (χ3n) is 3.11. The van der Waals surface area contributed by atoms with Crippen molar-refractivity contribution in [3.63, 3.8) is 0 Å². The number of carbonyl (C=O) groups is 1. The first-order valence-electron chi connectivity index (χ1n) is 6.37. The summed E-state index contributed by atoms with van der Waals surface area (Å²) in [5.74, 6) is -0.418. The molecule has 0 bridgehead atoms. The molecule has 0 unspecified atom stereocenters. The number of rotatable bonds is 2. The normalized spacial score (nSPS) is 10.6. The first-order valence-corrected chi connectivity index (χ1v) is 7.57. The van der Waals surface area contributed by atoms with Crippen molar-refractivity contribution >= 4 is 45.0 Å². The van der Waals surface area contributed by atoms with E-state index in [1.165, 1.54) is 0 Å². The Morgan fingerprint density at radius 2 is 1.95 bits per heavy atom. The first-order chi connectivity index (χ1) is 10.6. The number of amides is 1. The van der Waals surface area contributed by atoms with Gasteiger partial charge in [0.05, 0.1) is 10.9 Å². The van der Waals surface area contributed by atoms with Crippen molar-refractivity contribution in [2.75, 3.05) is 5.43 Å². The first kappa shape index (κ1) is 14.7. The van der Waals surface area contributed by atoms with Gasteiger partial charge in [-0.15, -0.1) is 0 Å². The van der Waals surface area contributed by atoms with Crippen molar-refractivity contribution in [2.24, 2.45) is 0 Å². The fourth-order valence-corrected chi connectivity index (χ4v) is 2.70. The van der Waals surface area contributed by atoms with Gasteiger partial charge < -0.3 is 4.98 Å². The molecule has 1 heterocycles. The van der Waals surface area contributed by atoms with Crippen LogP contribution < -0.4 is 11.0 Å². The van der Waals surface area contributed by atoms with E-state index in [4.69, 9.17) is 12.2 Å². The monoisotopic (exact) mass is 375 g/mol. The molecule has 2 N–H and O–H groups in total. The van der Waals surface area contributed by atoms with Gasteiger partial charge in [-0.1, -0.05) is 34.1 Å². The Balaban J connectivity index is 2.06. The van der Waals surface area contributed by atoms with Crippen molar-refractivity contribution in [3.05, 3.63) is 73.7 Å². The van der Waals surface area contributed by atoms with Crippen LogP contribution in [0.1, 0.15) is 10.4 Å². The van der Waals surface area contributed by atoms with E-state index in [2.05, 4.69) is 26.3 Å². The van der Waals surface area contributed by atoms with Crippen LogP contribution in [-0.2, 0) is 0 Å². The molecule has 0 aliphatic rings. The number of hydrogen-bond acceptors (Lipinski definition) is 3. The maximum Gasteiger partial charge on any atom is 0.281 e. The van der Waals surface area contributed by atoms with Crippen LogP contribution in [0.15, 0.2) is 57.8 Å². The van der Waals surface area contributed by atoms with Crippen LogP contribution in [0, 0.1) is 4.77 Å². The molecule has 0 aliphatic carbocycles. The van der Waals surface area contributed by atoms with Gasteiger partial charge in [0.1, 0.15) is 0 Å². The summed E-state index contributed by atoms with van der Waals surface area (Å²) in [6.45, 7) is 0. The van der Waals surface area contributed by atoms with Crippen molar-refractivity contribution in [1.29, 1.82) is 0 Å². The Kier molecular flexibility index (Phi) is 3.91. The summed E-state index contributed by atoms with van der Waals surface area (Å²) >= 11 is 8.45. The second-order valence-corrected chi connectivity index (χ2v) is 5.87. The lowest BCUT2D eigenvalue weighted by Crippen LogP contribution is -2.34. The number of para-hydroxylation sites is 1. The highest BCUT2D eigenvalue weighted by atomic mass is 79.9. The molecule has 0 aliphatic heterocycles. The summed E-state index contributed by atoms with van der Waals surface area (Å²) in [6.07, 6.45) is 0. The van der Waals surface area contributed by atoms with E-state index >= 15 is 0 Å². The van der Waals surface area contributed by atoms with Gasteiger partial charge in [0, 0.05) is 10.0 Å². The fraction of sp³-hybridized carbons (Fsp3) is 0. The lowest BCUT2D eigenvalue weighted by molar-refractivity contribution is 0.101. The Morgan fingerprint density at radius 3 is 2.73 bits per heavy atom. The molecule has 0 radical (unpaired) electrons. The van der Waals surface area contributed by atoms with Crippen LogP contribution in [0.2, 0.25) is 0 Å². The largest absolute Gasteiger partial charge is 0.330 e. The van der Waals surface area contributed by atoms with Crippen LogP contribution in [0.4, 0.5) is 0 Å². The van der Waals surface area contributed by atoms with E-state index in [1.54, 1.807) is 42.5 Å². The SMILES string of the molecule is O=C(Nn1c(=S)[nH]c2ccccc2c1=O)c1cccc(Br)c1. The number of H-pyrrole nitrogens is 1. The minimum Gasteiger partial charge on any atom is -0.330 e. The van der Waals surface area contributed by atoms with Crippen molar-refractivity contribution in [1.82, 2.24) is 9.66 Å². The number of benzene rings is 2. The molecule has 1 amide bonds. The number of nitrogens with zero attached hydrogens (tertiary/aromatic N) is 1. The summed E-state index contributed by atoms with van der Waals surface area (Å²) in [5.41, 5.74) is 3.20. The smallest absolute Gasteiger partial charge is 0.281 e. The fourth-order valence-electron chi connectivity index (χ4n) is 2.06. The summed E-state index contributed by atoms with van der Waals surface area (Å²) in [7, 11) is 0. The molecule has 2 aromatic carbocycles. The van der Waals surface area contributed by atoms with E-state index in [9.17, 15) is 9.59 Å². The summed E-state index contributed by atoms with van der Waals surface area (Å²) < 4.78 is 1.95. The minimum absolute atomic E-state index is 0.132. The van der Waals surface area contributed by atoms with Crippen LogP contribution in [0.5, 0.6) is 0 Å². The molecule has 0 saturated carbocycles. The maximum atomic E-state index is 12.4. The van der Waals surface area contributed by atoms with Crippen molar-refractivity contribution in [2.45, 2.75) is 0 Å². The third-order valence-corrected chi connectivity index (χ3v) is 3.88. The molecule has 1 aromatic heterocycles. The average molecular weight is 376 g/mol. The number of aromatic amines is 1. The highest BCUT2D eigenvalue weighted by molar-refractivity contribution is 9.10. The molecule has 22 heavy (non-hydrogen) atoms. The maximum absolute atomic E-state index is 12.4. The van der Waals surface area contributed by atoms with Gasteiger partial charge in [0.15, 0.2) is 4.77 Å². The third kappa shape index (κ3) is 2.72. The van der Waals surface area contributed by atoms with E-state index in [0.717, 1.165) is 9.15 Å². The molecule has 7 heteroatoms. The van der Waals surface area contributed by atoms with Gasteiger partial charge >= 0.3 is 0 Å². The lowest BCUT2D eigenvalue weighted by Gasteiger charge is -2.09. The van der Waals surface area contributed by atoms with E-state index in [0.29, 0.717) is 16.5 Å². The number of halogens is 1. The molecular formula is C15H10BrN3O2S.